The number of β-amino-alcohol motifs (C(OH)–C–C–N with tert-alkyl or cyclic N) is 1. The third kappa shape index (κ3) is 3.83. The van der Waals surface area contributed by atoms with E-state index in [1.807, 2.05) is 12.1 Å². The lowest BCUT2D eigenvalue weighted by Crippen LogP contribution is -2.38. The van der Waals surface area contributed by atoms with E-state index in [1.54, 1.807) is 12.1 Å². The Labute approximate surface area is 140 Å². The molecule has 6 nitrogen and oxygen atoms in total. The minimum absolute atomic E-state index is 0.0211. The number of fused-ring (bicyclic) bond motifs is 1. The van der Waals surface area contributed by atoms with Gasteiger partial charge >= 0.3 is 0 Å². The highest BCUT2D eigenvalue weighted by molar-refractivity contribution is 5.55. The summed E-state index contributed by atoms with van der Waals surface area (Å²) < 4.78 is 5.53. The number of para-hydroxylation sites is 1. The Bertz CT molecular complexity index is 702. The predicted octanol–water partition coefficient (Wildman–Crippen LogP) is 2.79. The fourth-order valence-corrected chi connectivity index (χ4v) is 2.96. The van der Waals surface area contributed by atoms with Crippen LogP contribution in [-0.4, -0.2) is 35.8 Å². The van der Waals surface area contributed by atoms with Crippen molar-refractivity contribution in [2.75, 3.05) is 24.6 Å². The summed E-state index contributed by atoms with van der Waals surface area (Å²) in [6.45, 7) is 1.58. The second-order valence-electron chi connectivity index (χ2n) is 5.89. The van der Waals surface area contributed by atoms with E-state index in [4.69, 9.17) is 4.74 Å². The molecule has 1 atom stereocenters. The summed E-state index contributed by atoms with van der Waals surface area (Å²) in [4.78, 5) is 12.4. The number of benzene rings is 2. The summed E-state index contributed by atoms with van der Waals surface area (Å²) in [6.07, 6.45) is 1.51. The van der Waals surface area contributed by atoms with E-state index >= 15 is 0 Å². The average Bonchev–Trinajstić information content (AvgIpc) is 2.61. The van der Waals surface area contributed by atoms with Crippen molar-refractivity contribution in [3.63, 3.8) is 0 Å². The van der Waals surface area contributed by atoms with Crippen molar-refractivity contribution in [1.82, 2.24) is 0 Å². The first-order valence-electron chi connectivity index (χ1n) is 8.01. The van der Waals surface area contributed by atoms with Crippen LogP contribution in [0.5, 0.6) is 5.75 Å². The van der Waals surface area contributed by atoms with E-state index in [9.17, 15) is 15.2 Å². The highest BCUT2D eigenvalue weighted by Gasteiger charge is 2.19. The van der Waals surface area contributed by atoms with Crippen LogP contribution in [0.25, 0.3) is 0 Å². The van der Waals surface area contributed by atoms with Crippen LogP contribution in [0.15, 0.2) is 48.5 Å². The number of aliphatic hydroxyl groups excluding tert-OH is 1. The number of hydrogen-bond donors (Lipinski definition) is 1. The zero-order valence-corrected chi connectivity index (χ0v) is 13.3. The maximum atomic E-state index is 10.6. The van der Waals surface area contributed by atoms with Crippen molar-refractivity contribution >= 4 is 11.4 Å². The van der Waals surface area contributed by atoms with Gasteiger partial charge in [-0.2, -0.15) is 0 Å². The van der Waals surface area contributed by atoms with Gasteiger partial charge < -0.3 is 14.7 Å². The van der Waals surface area contributed by atoms with E-state index in [0.717, 1.165) is 19.4 Å². The Kier molecular flexibility index (Phi) is 4.96. The molecule has 3 rings (SSSR count). The van der Waals surface area contributed by atoms with Crippen LogP contribution in [0.1, 0.15) is 12.0 Å². The van der Waals surface area contributed by atoms with Crippen LogP contribution in [0.2, 0.25) is 0 Å². The molecular formula is C18H20N2O4. The van der Waals surface area contributed by atoms with Crippen molar-refractivity contribution in [2.24, 2.45) is 0 Å². The van der Waals surface area contributed by atoms with Crippen LogP contribution in [0, 0.1) is 10.1 Å². The van der Waals surface area contributed by atoms with E-state index in [2.05, 4.69) is 17.0 Å². The Morgan fingerprint density at radius 2 is 1.96 bits per heavy atom. The lowest BCUT2D eigenvalue weighted by molar-refractivity contribution is -0.384. The number of hydrogen-bond acceptors (Lipinski definition) is 5. The van der Waals surface area contributed by atoms with Gasteiger partial charge in [-0.25, -0.2) is 0 Å². The molecule has 0 radical (unpaired) electrons. The fourth-order valence-electron chi connectivity index (χ4n) is 2.96. The van der Waals surface area contributed by atoms with E-state index in [-0.39, 0.29) is 12.3 Å². The number of nitro groups is 1. The number of aryl methyl sites for hydroxylation is 1. The zero-order valence-electron chi connectivity index (χ0n) is 13.3. The van der Waals surface area contributed by atoms with Gasteiger partial charge in [-0.05, 0) is 36.6 Å². The molecule has 0 amide bonds. The van der Waals surface area contributed by atoms with Gasteiger partial charge in [-0.1, -0.05) is 18.2 Å². The summed E-state index contributed by atoms with van der Waals surface area (Å²) in [5.41, 5.74) is 2.51. The molecule has 0 fully saturated rings. The normalized spacial score (nSPS) is 14.8. The lowest BCUT2D eigenvalue weighted by Gasteiger charge is -2.32. The predicted molar refractivity (Wildman–Crippen MR) is 91.6 cm³/mol. The van der Waals surface area contributed by atoms with Crippen molar-refractivity contribution in [3.8, 4) is 5.75 Å². The third-order valence-electron chi connectivity index (χ3n) is 4.13. The van der Waals surface area contributed by atoms with E-state index < -0.39 is 11.0 Å². The largest absolute Gasteiger partial charge is 0.491 e. The molecule has 0 aliphatic carbocycles. The monoisotopic (exact) mass is 328 g/mol. The molecule has 6 heteroatoms. The van der Waals surface area contributed by atoms with Crippen molar-refractivity contribution in [2.45, 2.75) is 18.9 Å². The molecule has 2 aromatic carbocycles. The first-order chi connectivity index (χ1) is 11.6. The Morgan fingerprint density at radius 1 is 1.21 bits per heavy atom. The van der Waals surface area contributed by atoms with Gasteiger partial charge in [0, 0.05) is 30.9 Å². The maximum Gasteiger partial charge on any atom is 0.269 e. The molecule has 126 valence electrons. The molecule has 0 saturated carbocycles. The molecule has 0 bridgehead atoms. The van der Waals surface area contributed by atoms with E-state index in [1.165, 1.54) is 23.4 Å². The molecule has 1 aliphatic heterocycles. The second-order valence-corrected chi connectivity index (χ2v) is 5.89. The number of rotatable bonds is 6. The SMILES string of the molecule is O=[N+]([O-])c1ccc(OCC(O)CN2CCCc3ccccc32)cc1. The molecule has 1 N–H and O–H groups in total. The Morgan fingerprint density at radius 3 is 2.71 bits per heavy atom. The minimum atomic E-state index is -0.633. The van der Waals surface area contributed by atoms with Gasteiger partial charge in [0.05, 0.1) is 4.92 Å². The molecular weight excluding hydrogens is 308 g/mol. The quantitative estimate of drug-likeness (QED) is 0.652. The highest BCUT2D eigenvalue weighted by Crippen LogP contribution is 2.26. The summed E-state index contributed by atoms with van der Waals surface area (Å²) >= 11 is 0. The number of ether oxygens (including phenoxy) is 1. The summed E-state index contributed by atoms with van der Waals surface area (Å²) in [5, 5.41) is 20.9. The fraction of sp³-hybridized carbons (Fsp3) is 0.333. The number of anilines is 1. The van der Waals surface area contributed by atoms with Gasteiger partial charge in [0.15, 0.2) is 0 Å². The van der Waals surface area contributed by atoms with Crippen LogP contribution >= 0.6 is 0 Å². The third-order valence-corrected chi connectivity index (χ3v) is 4.13. The number of non-ortho nitro benzene ring substituents is 1. The molecule has 0 saturated heterocycles. The molecule has 0 aromatic heterocycles. The molecule has 1 aliphatic rings. The molecule has 0 spiro atoms. The van der Waals surface area contributed by atoms with Gasteiger partial charge in [0.1, 0.15) is 18.5 Å². The van der Waals surface area contributed by atoms with Gasteiger partial charge in [0.2, 0.25) is 0 Å². The van der Waals surface area contributed by atoms with Crippen molar-refractivity contribution < 1.29 is 14.8 Å². The number of nitro benzene ring substituents is 1. The standard InChI is InChI=1S/C18H20N2O4/c21-16(13-24-17-9-7-15(8-10-17)20(22)23)12-19-11-3-5-14-4-1-2-6-18(14)19/h1-2,4,6-10,16,21H,3,5,11-13H2. The summed E-state index contributed by atoms with van der Waals surface area (Å²) in [5.74, 6) is 0.513. The Hall–Kier alpha value is -2.60. The molecule has 24 heavy (non-hydrogen) atoms. The van der Waals surface area contributed by atoms with Crippen molar-refractivity contribution in [3.05, 3.63) is 64.2 Å². The Balaban J connectivity index is 1.55. The maximum absolute atomic E-state index is 10.6. The summed E-state index contributed by atoms with van der Waals surface area (Å²) in [6, 6.07) is 14.1. The van der Waals surface area contributed by atoms with Crippen LogP contribution in [0.3, 0.4) is 0 Å². The highest BCUT2D eigenvalue weighted by atomic mass is 16.6. The first-order valence-corrected chi connectivity index (χ1v) is 8.01. The van der Waals surface area contributed by atoms with Gasteiger partial charge in [-0.15, -0.1) is 0 Å². The number of aliphatic hydroxyl groups is 1. The molecule has 1 heterocycles. The zero-order chi connectivity index (χ0) is 16.9. The molecule has 2 aromatic rings. The van der Waals surface area contributed by atoms with Crippen LogP contribution < -0.4 is 9.64 Å². The van der Waals surface area contributed by atoms with Gasteiger partial charge in [-0.3, -0.25) is 10.1 Å². The average molecular weight is 328 g/mol. The number of nitrogens with zero attached hydrogens (tertiary/aromatic N) is 2. The molecule has 1 unspecified atom stereocenters. The lowest BCUT2D eigenvalue weighted by atomic mass is 10.0. The minimum Gasteiger partial charge on any atom is -0.491 e. The second kappa shape index (κ2) is 7.31. The van der Waals surface area contributed by atoms with Crippen LogP contribution in [0.4, 0.5) is 11.4 Å². The topological polar surface area (TPSA) is 75.8 Å². The summed E-state index contributed by atoms with van der Waals surface area (Å²) in [7, 11) is 0. The van der Waals surface area contributed by atoms with Crippen molar-refractivity contribution in [1.29, 1.82) is 0 Å². The smallest absolute Gasteiger partial charge is 0.269 e. The van der Waals surface area contributed by atoms with Crippen LogP contribution in [-0.2, 0) is 6.42 Å². The van der Waals surface area contributed by atoms with E-state index in [0.29, 0.717) is 12.3 Å². The van der Waals surface area contributed by atoms with Gasteiger partial charge in [0.25, 0.3) is 5.69 Å². The first kappa shape index (κ1) is 16.3.